The molecule has 1 N–H and O–H groups in total. The molecule has 0 amide bonds. The molecule has 1 aromatic carbocycles. The first-order valence-corrected chi connectivity index (χ1v) is 5.81. The van der Waals surface area contributed by atoms with E-state index in [2.05, 4.69) is 10.4 Å². The van der Waals surface area contributed by atoms with E-state index in [4.69, 9.17) is 0 Å². The number of alkyl halides is 3. The first-order chi connectivity index (χ1) is 8.97. The summed E-state index contributed by atoms with van der Waals surface area (Å²) in [4.78, 5) is 0. The number of halogens is 4. The van der Waals surface area contributed by atoms with Crippen LogP contribution in [0.3, 0.4) is 0 Å². The third-order valence-electron chi connectivity index (χ3n) is 2.70. The lowest BCUT2D eigenvalue weighted by Gasteiger charge is -2.04. The van der Waals surface area contributed by atoms with Gasteiger partial charge < -0.3 is 5.32 Å². The Balaban J connectivity index is 0.00000200. The van der Waals surface area contributed by atoms with Gasteiger partial charge in [0, 0.05) is 20.1 Å². The van der Waals surface area contributed by atoms with E-state index in [0.717, 1.165) is 16.3 Å². The molecule has 0 fully saturated rings. The second kappa shape index (κ2) is 6.76. The van der Waals surface area contributed by atoms with Crippen molar-refractivity contribution >= 4 is 12.4 Å². The molecule has 1 heterocycles. The third-order valence-corrected chi connectivity index (χ3v) is 2.70. The van der Waals surface area contributed by atoms with Gasteiger partial charge in [0.15, 0.2) is 0 Å². The zero-order chi connectivity index (χ0) is 13.9. The molecule has 0 aliphatic heterocycles. The molecule has 7 heteroatoms. The molecule has 0 aliphatic rings. The largest absolute Gasteiger partial charge is 0.433 e. The SMILES string of the molecule is Cl.Cn1nc(CNCc2ccccc2)cc1C(F)(F)F. The van der Waals surface area contributed by atoms with Crippen LogP contribution in [-0.2, 0) is 26.3 Å². The Morgan fingerprint density at radius 3 is 2.35 bits per heavy atom. The molecule has 0 aliphatic carbocycles. The summed E-state index contributed by atoms with van der Waals surface area (Å²) in [5.41, 5.74) is 0.726. The van der Waals surface area contributed by atoms with Crippen LogP contribution in [0.2, 0.25) is 0 Å². The van der Waals surface area contributed by atoms with Crippen LogP contribution in [0.25, 0.3) is 0 Å². The molecule has 0 spiro atoms. The molecule has 2 rings (SSSR count). The summed E-state index contributed by atoms with van der Waals surface area (Å²) in [5.74, 6) is 0. The normalized spacial score (nSPS) is 11.2. The molecule has 3 nitrogen and oxygen atoms in total. The lowest BCUT2D eigenvalue weighted by Crippen LogP contribution is -2.13. The van der Waals surface area contributed by atoms with Crippen molar-refractivity contribution in [1.82, 2.24) is 15.1 Å². The van der Waals surface area contributed by atoms with E-state index in [1.54, 1.807) is 0 Å². The van der Waals surface area contributed by atoms with E-state index < -0.39 is 11.9 Å². The molecule has 110 valence electrons. The topological polar surface area (TPSA) is 29.9 Å². The molecule has 0 bridgehead atoms. The van der Waals surface area contributed by atoms with Gasteiger partial charge in [-0.05, 0) is 11.6 Å². The molecular weight excluding hydrogens is 291 g/mol. The van der Waals surface area contributed by atoms with Crippen molar-refractivity contribution < 1.29 is 13.2 Å². The van der Waals surface area contributed by atoms with Gasteiger partial charge in [0.25, 0.3) is 0 Å². The number of hydrogen-bond donors (Lipinski definition) is 1. The van der Waals surface area contributed by atoms with Crippen LogP contribution in [0.5, 0.6) is 0 Å². The molecule has 0 saturated carbocycles. The summed E-state index contributed by atoms with van der Waals surface area (Å²) in [6.45, 7) is 0.900. The van der Waals surface area contributed by atoms with Crippen LogP contribution in [0.15, 0.2) is 36.4 Å². The molecule has 0 unspecified atom stereocenters. The highest BCUT2D eigenvalue weighted by atomic mass is 35.5. The minimum absolute atomic E-state index is 0. The first-order valence-electron chi connectivity index (χ1n) is 5.81. The quantitative estimate of drug-likeness (QED) is 0.940. The molecule has 20 heavy (non-hydrogen) atoms. The number of hydrogen-bond acceptors (Lipinski definition) is 2. The maximum Gasteiger partial charge on any atom is 0.433 e. The van der Waals surface area contributed by atoms with Crippen molar-refractivity contribution in [3.63, 3.8) is 0 Å². The van der Waals surface area contributed by atoms with Crippen molar-refractivity contribution in [2.45, 2.75) is 19.3 Å². The summed E-state index contributed by atoms with van der Waals surface area (Å²) in [7, 11) is 1.30. The van der Waals surface area contributed by atoms with Gasteiger partial charge in [0.1, 0.15) is 5.69 Å². The highest BCUT2D eigenvalue weighted by Gasteiger charge is 2.34. The standard InChI is InChI=1S/C13H14F3N3.ClH/c1-19-12(13(14,15)16)7-11(18-19)9-17-8-10-5-3-2-4-6-10;/h2-7,17H,8-9H2,1H3;1H. The van der Waals surface area contributed by atoms with Crippen molar-refractivity contribution in [3.8, 4) is 0 Å². The number of nitrogens with one attached hydrogen (secondary N) is 1. The van der Waals surface area contributed by atoms with Gasteiger partial charge in [0.05, 0.1) is 5.69 Å². The fraction of sp³-hybridized carbons (Fsp3) is 0.308. The van der Waals surface area contributed by atoms with Crippen LogP contribution < -0.4 is 5.32 Å². The second-order valence-corrected chi connectivity index (χ2v) is 4.23. The smallest absolute Gasteiger partial charge is 0.307 e. The molecule has 1 aromatic heterocycles. The lowest BCUT2D eigenvalue weighted by molar-refractivity contribution is -0.143. The van der Waals surface area contributed by atoms with Gasteiger partial charge in [-0.1, -0.05) is 30.3 Å². The van der Waals surface area contributed by atoms with Crippen molar-refractivity contribution in [1.29, 1.82) is 0 Å². The van der Waals surface area contributed by atoms with E-state index in [1.165, 1.54) is 7.05 Å². The maximum absolute atomic E-state index is 12.6. The minimum atomic E-state index is -4.36. The Morgan fingerprint density at radius 2 is 1.80 bits per heavy atom. The van der Waals surface area contributed by atoms with Gasteiger partial charge >= 0.3 is 6.18 Å². The fourth-order valence-corrected chi connectivity index (χ4v) is 1.81. The summed E-state index contributed by atoms with van der Waals surface area (Å²) >= 11 is 0. The highest BCUT2D eigenvalue weighted by molar-refractivity contribution is 5.85. The second-order valence-electron chi connectivity index (χ2n) is 4.23. The molecule has 2 aromatic rings. The number of nitrogens with zero attached hydrogens (tertiary/aromatic N) is 2. The number of benzene rings is 1. The van der Waals surface area contributed by atoms with Gasteiger partial charge in [0.2, 0.25) is 0 Å². The molecule has 0 radical (unpaired) electrons. The van der Waals surface area contributed by atoms with Gasteiger partial charge in [-0.25, -0.2) is 0 Å². The number of aromatic nitrogens is 2. The first kappa shape index (κ1) is 16.5. The summed E-state index contributed by atoms with van der Waals surface area (Å²) < 4.78 is 38.6. The average molecular weight is 306 g/mol. The highest BCUT2D eigenvalue weighted by Crippen LogP contribution is 2.29. The van der Waals surface area contributed by atoms with Crippen LogP contribution in [-0.4, -0.2) is 9.78 Å². The lowest BCUT2D eigenvalue weighted by atomic mass is 10.2. The number of rotatable bonds is 4. The Kier molecular flexibility index (Phi) is 5.59. The zero-order valence-electron chi connectivity index (χ0n) is 10.8. The van der Waals surface area contributed by atoms with Crippen molar-refractivity contribution in [3.05, 3.63) is 53.3 Å². The van der Waals surface area contributed by atoms with Crippen LogP contribution >= 0.6 is 12.4 Å². The fourth-order valence-electron chi connectivity index (χ4n) is 1.81. The Labute approximate surface area is 121 Å². The third kappa shape index (κ3) is 4.25. The number of aryl methyl sites for hydroxylation is 1. The van der Waals surface area contributed by atoms with Crippen molar-refractivity contribution in [2.24, 2.45) is 7.05 Å². The molecule has 0 saturated heterocycles. The maximum atomic E-state index is 12.6. The Hall–Kier alpha value is -1.53. The predicted octanol–water partition coefficient (Wildman–Crippen LogP) is 3.15. The summed E-state index contributed by atoms with van der Waals surface area (Å²) in [5, 5.41) is 6.91. The van der Waals surface area contributed by atoms with Crippen molar-refractivity contribution in [2.75, 3.05) is 0 Å². The monoisotopic (exact) mass is 305 g/mol. The van der Waals surface area contributed by atoms with Crippen LogP contribution in [0.4, 0.5) is 13.2 Å². The summed E-state index contributed by atoms with van der Waals surface area (Å²) in [6.07, 6.45) is -4.36. The Bertz CT molecular complexity index is 538. The van der Waals surface area contributed by atoms with Crippen LogP contribution in [0, 0.1) is 0 Å². The van der Waals surface area contributed by atoms with Gasteiger partial charge in [-0.2, -0.15) is 18.3 Å². The van der Waals surface area contributed by atoms with E-state index in [9.17, 15) is 13.2 Å². The van der Waals surface area contributed by atoms with E-state index in [1.807, 2.05) is 30.3 Å². The van der Waals surface area contributed by atoms with Gasteiger partial charge in [-0.15, -0.1) is 12.4 Å². The van der Waals surface area contributed by atoms with Crippen LogP contribution in [0.1, 0.15) is 17.0 Å². The minimum Gasteiger partial charge on any atom is -0.307 e. The Morgan fingerprint density at radius 1 is 1.15 bits per heavy atom. The summed E-state index contributed by atoms with van der Waals surface area (Å²) in [6, 6.07) is 10.7. The van der Waals surface area contributed by atoms with E-state index >= 15 is 0 Å². The van der Waals surface area contributed by atoms with E-state index in [-0.39, 0.29) is 12.4 Å². The van der Waals surface area contributed by atoms with Gasteiger partial charge in [-0.3, -0.25) is 4.68 Å². The molecule has 0 atom stereocenters. The van der Waals surface area contributed by atoms with E-state index in [0.29, 0.717) is 18.8 Å². The molecular formula is C13H15ClF3N3. The average Bonchev–Trinajstić information content (AvgIpc) is 2.72. The zero-order valence-corrected chi connectivity index (χ0v) is 11.6. The predicted molar refractivity (Wildman–Crippen MR) is 72.4 cm³/mol.